The van der Waals surface area contributed by atoms with Crippen molar-refractivity contribution in [1.82, 2.24) is 5.48 Å². The van der Waals surface area contributed by atoms with Gasteiger partial charge in [0.15, 0.2) is 19.7 Å². The van der Waals surface area contributed by atoms with Crippen molar-refractivity contribution in [3.05, 3.63) is 84.4 Å². The van der Waals surface area contributed by atoms with Gasteiger partial charge in [0.25, 0.3) is 0 Å². The SMILES string of the molecule is COc1ccc(S(=O)(=O)CCCC(CS(=O)(=O)c2ccc(OC)cc2)C(=O)NOCc2ccccc2)cc1. The van der Waals surface area contributed by atoms with Gasteiger partial charge in [-0.3, -0.25) is 9.63 Å². The Morgan fingerprint density at radius 1 is 0.763 bits per heavy atom. The molecule has 0 aliphatic carbocycles. The Bertz CT molecular complexity index is 1390. The molecule has 0 saturated heterocycles. The highest BCUT2D eigenvalue weighted by atomic mass is 32.2. The molecule has 38 heavy (non-hydrogen) atoms. The van der Waals surface area contributed by atoms with Crippen LogP contribution in [0.25, 0.3) is 0 Å². The number of benzene rings is 3. The number of carbonyl (C=O) groups is 1. The number of carbonyl (C=O) groups excluding carboxylic acids is 1. The molecule has 0 radical (unpaired) electrons. The lowest BCUT2D eigenvalue weighted by Gasteiger charge is -2.17. The van der Waals surface area contributed by atoms with Crippen LogP contribution >= 0.6 is 0 Å². The zero-order valence-electron chi connectivity index (χ0n) is 21.2. The molecule has 3 rings (SSSR count). The van der Waals surface area contributed by atoms with Crippen LogP contribution in [0.2, 0.25) is 0 Å². The van der Waals surface area contributed by atoms with Crippen molar-refractivity contribution in [3.63, 3.8) is 0 Å². The molecule has 1 amide bonds. The summed E-state index contributed by atoms with van der Waals surface area (Å²) in [4.78, 5) is 18.4. The van der Waals surface area contributed by atoms with Crippen LogP contribution in [-0.4, -0.2) is 48.5 Å². The minimum absolute atomic E-state index is 0.0191. The molecule has 0 bridgehead atoms. The number of rotatable bonds is 14. The molecule has 0 heterocycles. The molecule has 0 aromatic heterocycles. The Kier molecular flexibility index (Phi) is 10.3. The molecule has 1 N–H and O–H groups in total. The molecule has 1 unspecified atom stereocenters. The number of sulfone groups is 2. The Morgan fingerprint density at radius 3 is 1.82 bits per heavy atom. The van der Waals surface area contributed by atoms with Gasteiger partial charge in [0, 0.05) is 0 Å². The molecular weight excluding hydrogens is 530 g/mol. The summed E-state index contributed by atoms with van der Waals surface area (Å²) < 4.78 is 61.9. The predicted molar refractivity (Wildman–Crippen MR) is 142 cm³/mol. The van der Waals surface area contributed by atoms with Crippen molar-refractivity contribution in [1.29, 1.82) is 0 Å². The summed E-state index contributed by atoms with van der Waals surface area (Å²) in [6.07, 6.45) is 0.0918. The summed E-state index contributed by atoms with van der Waals surface area (Å²) >= 11 is 0. The van der Waals surface area contributed by atoms with E-state index in [1.165, 1.54) is 50.6 Å². The second-order valence-corrected chi connectivity index (χ2v) is 12.7. The summed E-state index contributed by atoms with van der Waals surface area (Å²) in [5, 5.41) is 0. The van der Waals surface area contributed by atoms with Crippen LogP contribution in [0, 0.1) is 5.92 Å². The normalized spacial score (nSPS) is 12.5. The van der Waals surface area contributed by atoms with Gasteiger partial charge in [0.05, 0.1) is 48.0 Å². The second kappa shape index (κ2) is 13.4. The first-order valence-corrected chi connectivity index (χ1v) is 15.1. The maximum atomic E-state index is 13.1. The molecule has 0 fully saturated rings. The lowest BCUT2D eigenvalue weighted by Crippen LogP contribution is -2.35. The lowest BCUT2D eigenvalue weighted by molar-refractivity contribution is -0.138. The molecule has 0 aliphatic rings. The highest BCUT2D eigenvalue weighted by Crippen LogP contribution is 2.22. The zero-order valence-corrected chi connectivity index (χ0v) is 22.8. The van der Waals surface area contributed by atoms with Gasteiger partial charge in [-0.15, -0.1) is 0 Å². The number of hydrogen-bond donors (Lipinski definition) is 1. The number of amides is 1. The van der Waals surface area contributed by atoms with E-state index in [9.17, 15) is 21.6 Å². The standard InChI is InChI=1S/C27H31NO8S2/c1-34-23-10-14-25(15-11-23)37(30,31)18-6-9-22(27(29)28-36-19-21-7-4-3-5-8-21)20-38(32,33)26-16-12-24(35-2)13-17-26/h3-5,7-8,10-17,22H,6,9,18-20H2,1-2H3,(H,28,29). The Hall–Kier alpha value is -3.41. The molecule has 0 saturated carbocycles. The van der Waals surface area contributed by atoms with E-state index in [0.717, 1.165) is 5.56 Å². The van der Waals surface area contributed by atoms with E-state index < -0.39 is 37.3 Å². The Morgan fingerprint density at radius 2 is 1.29 bits per heavy atom. The van der Waals surface area contributed by atoms with Crippen LogP contribution in [0.5, 0.6) is 11.5 Å². The van der Waals surface area contributed by atoms with Gasteiger partial charge in [-0.1, -0.05) is 30.3 Å². The summed E-state index contributed by atoms with van der Waals surface area (Å²) in [7, 11) is -4.56. The largest absolute Gasteiger partial charge is 0.497 e. The van der Waals surface area contributed by atoms with Crippen LogP contribution in [0.1, 0.15) is 18.4 Å². The second-order valence-electron chi connectivity index (χ2n) is 8.53. The zero-order chi connectivity index (χ0) is 27.6. The molecule has 3 aromatic rings. The summed E-state index contributed by atoms with van der Waals surface area (Å²) in [5.74, 6) is -1.42. The van der Waals surface area contributed by atoms with Gasteiger partial charge in [-0.05, 0) is 66.9 Å². The van der Waals surface area contributed by atoms with Crippen molar-refractivity contribution >= 4 is 25.6 Å². The van der Waals surface area contributed by atoms with Crippen LogP contribution in [0.4, 0.5) is 0 Å². The van der Waals surface area contributed by atoms with Crippen LogP contribution in [0.15, 0.2) is 88.7 Å². The highest BCUT2D eigenvalue weighted by Gasteiger charge is 2.28. The van der Waals surface area contributed by atoms with Crippen LogP contribution in [-0.2, 0) is 35.9 Å². The fraction of sp³-hybridized carbons (Fsp3) is 0.296. The smallest absolute Gasteiger partial charge is 0.247 e. The summed E-state index contributed by atoms with van der Waals surface area (Å²) in [6, 6.07) is 21.0. The fourth-order valence-corrected chi connectivity index (χ4v) is 6.63. The first-order valence-electron chi connectivity index (χ1n) is 11.8. The lowest BCUT2D eigenvalue weighted by atomic mass is 10.1. The average molecular weight is 562 g/mol. The first kappa shape index (κ1) is 29.2. The van der Waals surface area contributed by atoms with Crippen molar-refractivity contribution in [2.45, 2.75) is 29.2 Å². The third kappa shape index (κ3) is 8.30. The van der Waals surface area contributed by atoms with Crippen molar-refractivity contribution < 1.29 is 35.9 Å². The number of nitrogens with one attached hydrogen (secondary N) is 1. The molecule has 0 aliphatic heterocycles. The molecule has 204 valence electrons. The van der Waals surface area contributed by atoms with E-state index in [4.69, 9.17) is 14.3 Å². The molecule has 9 nitrogen and oxygen atoms in total. The predicted octanol–water partition coefficient (Wildman–Crippen LogP) is 3.60. The number of methoxy groups -OCH3 is 2. The van der Waals surface area contributed by atoms with Gasteiger partial charge in [0.2, 0.25) is 5.91 Å². The van der Waals surface area contributed by atoms with E-state index in [2.05, 4.69) is 5.48 Å². The number of hydroxylamine groups is 1. The monoisotopic (exact) mass is 561 g/mol. The van der Waals surface area contributed by atoms with E-state index in [0.29, 0.717) is 11.5 Å². The van der Waals surface area contributed by atoms with E-state index in [-0.39, 0.29) is 35.0 Å². The van der Waals surface area contributed by atoms with Gasteiger partial charge in [0.1, 0.15) is 11.5 Å². The highest BCUT2D eigenvalue weighted by molar-refractivity contribution is 7.91. The van der Waals surface area contributed by atoms with E-state index in [1.54, 1.807) is 12.1 Å². The maximum absolute atomic E-state index is 13.1. The number of ether oxygens (including phenoxy) is 2. The van der Waals surface area contributed by atoms with Gasteiger partial charge < -0.3 is 9.47 Å². The van der Waals surface area contributed by atoms with Crippen molar-refractivity contribution in [2.24, 2.45) is 5.92 Å². The van der Waals surface area contributed by atoms with Gasteiger partial charge in [-0.2, -0.15) is 0 Å². The maximum Gasteiger partial charge on any atom is 0.247 e. The summed E-state index contributed by atoms with van der Waals surface area (Å²) in [6.45, 7) is 0.0936. The minimum atomic E-state index is -3.87. The Balaban J connectivity index is 1.70. The first-order chi connectivity index (χ1) is 18.1. The minimum Gasteiger partial charge on any atom is -0.497 e. The van der Waals surface area contributed by atoms with E-state index >= 15 is 0 Å². The van der Waals surface area contributed by atoms with Gasteiger partial charge in [-0.25, -0.2) is 22.3 Å². The average Bonchev–Trinajstić information content (AvgIpc) is 2.93. The van der Waals surface area contributed by atoms with Crippen molar-refractivity contribution in [2.75, 3.05) is 25.7 Å². The molecule has 3 aromatic carbocycles. The number of hydrogen-bond acceptors (Lipinski definition) is 8. The van der Waals surface area contributed by atoms with Crippen LogP contribution < -0.4 is 15.0 Å². The Labute approximate surface area is 223 Å². The van der Waals surface area contributed by atoms with Crippen LogP contribution in [0.3, 0.4) is 0 Å². The molecular formula is C27H31NO8S2. The quantitative estimate of drug-likeness (QED) is 0.296. The molecule has 1 atom stereocenters. The third-order valence-corrected chi connectivity index (χ3v) is 9.50. The van der Waals surface area contributed by atoms with Crippen molar-refractivity contribution in [3.8, 4) is 11.5 Å². The summed E-state index contributed by atoms with van der Waals surface area (Å²) in [5.41, 5.74) is 3.15. The third-order valence-electron chi connectivity index (χ3n) is 5.85. The van der Waals surface area contributed by atoms with E-state index in [1.807, 2.05) is 30.3 Å². The molecule has 0 spiro atoms. The van der Waals surface area contributed by atoms with Gasteiger partial charge >= 0.3 is 0 Å². The topological polar surface area (TPSA) is 125 Å². The fourth-order valence-electron chi connectivity index (χ4n) is 3.70. The molecule has 11 heteroatoms.